The Labute approximate surface area is 137 Å². The molecule has 1 aromatic carbocycles. The Balaban J connectivity index is 1.51. The lowest BCUT2D eigenvalue weighted by Crippen LogP contribution is -2.49. The molecule has 2 amide bonds. The van der Waals surface area contributed by atoms with E-state index in [0.29, 0.717) is 19.5 Å². The molecule has 0 saturated carbocycles. The van der Waals surface area contributed by atoms with Crippen LogP contribution in [0.5, 0.6) is 0 Å². The predicted molar refractivity (Wildman–Crippen MR) is 88.9 cm³/mol. The molecule has 1 aromatic rings. The van der Waals surface area contributed by atoms with Crippen molar-refractivity contribution in [2.75, 3.05) is 46.3 Å². The van der Waals surface area contributed by atoms with E-state index in [9.17, 15) is 9.59 Å². The highest BCUT2D eigenvalue weighted by atomic mass is 16.2. The number of hydrogen-bond acceptors (Lipinski definition) is 3. The molecule has 0 spiro atoms. The van der Waals surface area contributed by atoms with Crippen LogP contribution in [0.15, 0.2) is 30.3 Å². The van der Waals surface area contributed by atoms with E-state index >= 15 is 0 Å². The molecular weight excluding hydrogens is 290 g/mol. The molecule has 0 radical (unpaired) electrons. The molecule has 2 saturated heterocycles. The fraction of sp³-hybridized carbons (Fsp3) is 0.556. The topological polar surface area (TPSA) is 43.9 Å². The molecule has 23 heavy (non-hydrogen) atoms. The zero-order valence-corrected chi connectivity index (χ0v) is 13.8. The fourth-order valence-electron chi connectivity index (χ4n) is 3.35. The molecule has 3 rings (SSSR count). The smallest absolute Gasteiger partial charge is 0.228 e. The van der Waals surface area contributed by atoms with Crippen LogP contribution in [0.4, 0.5) is 0 Å². The maximum atomic E-state index is 12.6. The van der Waals surface area contributed by atoms with Crippen molar-refractivity contribution in [2.45, 2.75) is 12.8 Å². The van der Waals surface area contributed by atoms with Gasteiger partial charge in [0.2, 0.25) is 11.8 Å². The highest BCUT2D eigenvalue weighted by Gasteiger charge is 2.36. The first-order chi connectivity index (χ1) is 11.1. The van der Waals surface area contributed by atoms with Gasteiger partial charge in [0.05, 0.1) is 5.92 Å². The summed E-state index contributed by atoms with van der Waals surface area (Å²) in [5.74, 6) is 0.128. The van der Waals surface area contributed by atoms with E-state index < -0.39 is 0 Å². The molecular formula is C18H25N3O2. The van der Waals surface area contributed by atoms with Gasteiger partial charge in [-0.05, 0) is 19.0 Å². The number of rotatable bonds is 4. The Morgan fingerprint density at radius 1 is 1.13 bits per heavy atom. The SMILES string of the molecule is CN1CCN(C(=O)C2CC(=O)N(CCc3ccccc3)C2)CC1. The standard InChI is InChI=1S/C18H25N3O2/c1-19-9-11-20(12-10-19)18(23)16-13-17(22)21(14-16)8-7-15-5-3-2-4-6-15/h2-6,16H,7-14H2,1H3. The molecule has 1 atom stereocenters. The van der Waals surface area contributed by atoms with Crippen LogP contribution in [-0.2, 0) is 16.0 Å². The summed E-state index contributed by atoms with van der Waals surface area (Å²) in [5, 5.41) is 0. The fourth-order valence-corrected chi connectivity index (χ4v) is 3.35. The van der Waals surface area contributed by atoms with Crippen molar-refractivity contribution in [1.29, 1.82) is 0 Å². The van der Waals surface area contributed by atoms with E-state index in [1.165, 1.54) is 5.56 Å². The van der Waals surface area contributed by atoms with Gasteiger partial charge in [-0.25, -0.2) is 0 Å². The number of carbonyl (C=O) groups is 2. The van der Waals surface area contributed by atoms with Crippen molar-refractivity contribution in [2.24, 2.45) is 5.92 Å². The van der Waals surface area contributed by atoms with E-state index in [1.54, 1.807) is 0 Å². The average molecular weight is 315 g/mol. The summed E-state index contributed by atoms with van der Waals surface area (Å²) in [6.45, 7) is 4.69. The summed E-state index contributed by atoms with van der Waals surface area (Å²) in [4.78, 5) is 30.8. The van der Waals surface area contributed by atoms with Gasteiger partial charge >= 0.3 is 0 Å². The summed E-state index contributed by atoms with van der Waals surface area (Å²) in [6.07, 6.45) is 1.22. The van der Waals surface area contributed by atoms with Crippen molar-refractivity contribution in [3.8, 4) is 0 Å². The number of nitrogens with zero attached hydrogens (tertiary/aromatic N) is 3. The second-order valence-corrected chi connectivity index (χ2v) is 6.60. The van der Waals surface area contributed by atoms with Crippen LogP contribution >= 0.6 is 0 Å². The monoisotopic (exact) mass is 315 g/mol. The largest absolute Gasteiger partial charge is 0.342 e. The number of piperazine rings is 1. The minimum absolute atomic E-state index is 0.119. The molecule has 2 heterocycles. The predicted octanol–water partition coefficient (Wildman–Crippen LogP) is 0.852. The van der Waals surface area contributed by atoms with Crippen LogP contribution in [0, 0.1) is 5.92 Å². The van der Waals surface area contributed by atoms with Crippen LogP contribution in [0.3, 0.4) is 0 Å². The number of likely N-dealkylation sites (tertiary alicyclic amines) is 1. The lowest BCUT2D eigenvalue weighted by atomic mass is 10.1. The zero-order chi connectivity index (χ0) is 16.2. The number of likely N-dealkylation sites (N-methyl/N-ethyl adjacent to an activating group) is 1. The molecule has 5 nitrogen and oxygen atoms in total. The van der Waals surface area contributed by atoms with Gasteiger partial charge in [-0.2, -0.15) is 0 Å². The van der Waals surface area contributed by atoms with Crippen molar-refractivity contribution < 1.29 is 9.59 Å². The van der Waals surface area contributed by atoms with Crippen molar-refractivity contribution in [3.63, 3.8) is 0 Å². The minimum Gasteiger partial charge on any atom is -0.342 e. The Hall–Kier alpha value is -1.88. The summed E-state index contributed by atoms with van der Waals surface area (Å²) >= 11 is 0. The van der Waals surface area contributed by atoms with Gasteiger partial charge in [-0.1, -0.05) is 30.3 Å². The second kappa shape index (κ2) is 7.13. The van der Waals surface area contributed by atoms with Crippen LogP contribution in [0.2, 0.25) is 0 Å². The third kappa shape index (κ3) is 3.91. The maximum absolute atomic E-state index is 12.6. The lowest BCUT2D eigenvalue weighted by Gasteiger charge is -2.33. The lowest BCUT2D eigenvalue weighted by molar-refractivity contribution is -0.137. The number of amides is 2. The summed E-state index contributed by atoms with van der Waals surface area (Å²) in [7, 11) is 2.08. The quantitative estimate of drug-likeness (QED) is 0.827. The summed E-state index contributed by atoms with van der Waals surface area (Å²) < 4.78 is 0. The first kappa shape index (κ1) is 16.0. The van der Waals surface area contributed by atoms with Gasteiger partial charge in [0.15, 0.2) is 0 Å². The summed E-state index contributed by atoms with van der Waals surface area (Å²) in [5.41, 5.74) is 1.23. The van der Waals surface area contributed by atoms with Crippen LogP contribution < -0.4 is 0 Å². The molecule has 0 N–H and O–H groups in total. The second-order valence-electron chi connectivity index (χ2n) is 6.60. The van der Waals surface area contributed by atoms with Crippen molar-refractivity contribution in [1.82, 2.24) is 14.7 Å². The van der Waals surface area contributed by atoms with E-state index in [1.807, 2.05) is 28.0 Å². The van der Waals surface area contributed by atoms with E-state index in [2.05, 4.69) is 24.1 Å². The normalized spacial score (nSPS) is 22.7. The Morgan fingerprint density at radius 3 is 2.52 bits per heavy atom. The Kier molecular flexibility index (Phi) is 4.96. The third-order valence-electron chi connectivity index (χ3n) is 4.89. The number of hydrogen-bond donors (Lipinski definition) is 0. The average Bonchev–Trinajstić information content (AvgIpc) is 2.95. The number of carbonyl (C=O) groups excluding carboxylic acids is 2. The van der Waals surface area contributed by atoms with Crippen LogP contribution in [0.1, 0.15) is 12.0 Å². The van der Waals surface area contributed by atoms with Crippen LogP contribution in [0.25, 0.3) is 0 Å². The first-order valence-corrected chi connectivity index (χ1v) is 8.42. The van der Waals surface area contributed by atoms with Crippen molar-refractivity contribution >= 4 is 11.8 Å². The third-order valence-corrected chi connectivity index (χ3v) is 4.89. The van der Waals surface area contributed by atoms with Gasteiger partial charge in [0.25, 0.3) is 0 Å². The maximum Gasteiger partial charge on any atom is 0.228 e. The van der Waals surface area contributed by atoms with Crippen LogP contribution in [-0.4, -0.2) is 72.8 Å². The van der Waals surface area contributed by atoms with Gasteiger partial charge in [0, 0.05) is 45.7 Å². The molecule has 2 aliphatic rings. The molecule has 124 valence electrons. The highest BCUT2D eigenvalue weighted by molar-refractivity contribution is 5.89. The summed E-state index contributed by atoms with van der Waals surface area (Å²) in [6, 6.07) is 10.2. The molecule has 1 unspecified atom stereocenters. The molecule has 2 fully saturated rings. The van der Waals surface area contributed by atoms with E-state index in [4.69, 9.17) is 0 Å². The van der Waals surface area contributed by atoms with Gasteiger partial charge < -0.3 is 14.7 Å². The molecule has 0 bridgehead atoms. The van der Waals surface area contributed by atoms with E-state index in [0.717, 1.165) is 32.6 Å². The van der Waals surface area contributed by atoms with Gasteiger partial charge in [-0.15, -0.1) is 0 Å². The zero-order valence-electron chi connectivity index (χ0n) is 13.8. The molecule has 0 aromatic heterocycles. The minimum atomic E-state index is -0.151. The number of benzene rings is 1. The van der Waals surface area contributed by atoms with Crippen molar-refractivity contribution in [3.05, 3.63) is 35.9 Å². The van der Waals surface area contributed by atoms with Gasteiger partial charge in [0.1, 0.15) is 0 Å². The first-order valence-electron chi connectivity index (χ1n) is 8.42. The van der Waals surface area contributed by atoms with E-state index in [-0.39, 0.29) is 17.7 Å². The Bertz CT molecular complexity index is 553. The molecule has 2 aliphatic heterocycles. The molecule has 0 aliphatic carbocycles. The highest BCUT2D eigenvalue weighted by Crippen LogP contribution is 2.21. The Morgan fingerprint density at radius 2 is 1.83 bits per heavy atom. The molecule has 5 heteroatoms. The van der Waals surface area contributed by atoms with Gasteiger partial charge in [-0.3, -0.25) is 9.59 Å².